The van der Waals surface area contributed by atoms with Gasteiger partial charge in [-0.3, -0.25) is 4.68 Å². The van der Waals surface area contributed by atoms with Gasteiger partial charge in [0, 0.05) is 18.2 Å². The van der Waals surface area contributed by atoms with Gasteiger partial charge in [0.1, 0.15) is 11.1 Å². The van der Waals surface area contributed by atoms with Gasteiger partial charge in [-0.2, -0.15) is 5.10 Å². The zero-order valence-corrected chi connectivity index (χ0v) is 11.6. The highest BCUT2D eigenvalue weighted by Gasteiger charge is 2.20. The summed E-state index contributed by atoms with van der Waals surface area (Å²) in [6.07, 6.45) is 3.72. The SMILES string of the molecule is CC(O)c1ccn(Cc2csc(C3CCCO3)n2)n1. The molecule has 1 N–H and O–H groups in total. The lowest BCUT2D eigenvalue weighted by Crippen LogP contribution is -2.03. The van der Waals surface area contributed by atoms with Crippen LogP contribution in [-0.4, -0.2) is 26.5 Å². The molecule has 0 radical (unpaired) electrons. The summed E-state index contributed by atoms with van der Waals surface area (Å²) < 4.78 is 7.43. The standard InChI is InChI=1S/C13H17N3O2S/c1-9(17)11-4-5-16(15-11)7-10-8-19-13(14-10)12-3-2-6-18-12/h4-5,8-9,12,17H,2-3,6-7H2,1H3. The topological polar surface area (TPSA) is 60.2 Å². The van der Waals surface area contributed by atoms with Crippen LogP contribution in [-0.2, 0) is 11.3 Å². The van der Waals surface area contributed by atoms with E-state index in [0.717, 1.165) is 30.2 Å². The maximum atomic E-state index is 9.44. The van der Waals surface area contributed by atoms with Crippen molar-refractivity contribution in [3.05, 3.63) is 34.0 Å². The monoisotopic (exact) mass is 279 g/mol. The number of hydrogen-bond donors (Lipinski definition) is 1. The highest BCUT2D eigenvalue weighted by molar-refractivity contribution is 7.09. The summed E-state index contributed by atoms with van der Waals surface area (Å²) >= 11 is 1.65. The summed E-state index contributed by atoms with van der Waals surface area (Å²) in [5.74, 6) is 0. The van der Waals surface area contributed by atoms with E-state index >= 15 is 0 Å². The number of aliphatic hydroxyl groups is 1. The molecule has 3 heterocycles. The molecule has 5 nitrogen and oxygen atoms in total. The molecule has 2 atom stereocenters. The van der Waals surface area contributed by atoms with E-state index < -0.39 is 6.10 Å². The summed E-state index contributed by atoms with van der Waals surface area (Å²) in [6.45, 7) is 3.19. The molecule has 2 unspecified atom stereocenters. The number of aromatic nitrogens is 3. The smallest absolute Gasteiger partial charge is 0.122 e. The maximum absolute atomic E-state index is 9.44. The highest BCUT2D eigenvalue weighted by atomic mass is 32.1. The van der Waals surface area contributed by atoms with E-state index in [2.05, 4.69) is 15.5 Å². The average Bonchev–Trinajstić information content (AvgIpc) is 3.09. The third-order valence-electron chi connectivity index (χ3n) is 3.19. The van der Waals surface area contributed by atoms with Crippen molar-refractivity contribution in [2.24, 2.45) is 0 Å². The van der Waals surface area contributed by atoms with Crippen molar-refractivity contribution in [1.82, 2.24) is 14.8 Å². The lowest BCUT2D eigenvalue weighted by molar-refractivity contribution is 0.111. The molecule has 0 bridgehead atoms. The molecule has 1 saturated heterocycles. The second kappa shape index (κ2) is 5.40. The number of ether oxygens (including phenoxy) is 1. The van der Waals surface area contributed by atoms with Crippen LogP contribution in [0, 0.1) is 0 Å². The van der Waals surface area contributed by atoms with Crippen molar-refractivity contribution in [2.45, 2.75) is 38.5 Å². The van der Waals surface area contributed by atoms with Gasteiger partial charge in [0.15, 0.2) is 0 Å². The van der Waals surface area contributed by atoms with E-state index in [1.54, 1.807) is 22.9 Å². The van der Waals surface area contributed by atoms with E-state index in [4.69, 9.17) is 4.74 Å². The Morgan fingerprint density at radius 1 is 1.63 bits per heavy atom. The number of nitrogens with zero attached hydrogens (tertiary/aromatic N) is 3. The first kappa shape index (κ1) is 12.8. The van der Waals surface area contributed by atoms with E-state index in [9.17, 15) is 5.11 Å². The molecule has 0 aromatic carbocycles. The van der Waals surface area contributed by atoms with Gasteiger partial charge in [-0.25, -0.2) is 4.98 Å². The van der Waals surface area contributed by atoms with E-state index in [-0.39, 0.29) is 6.10 Å². The molecular weight excluding hydrogens is 262 g/mol. The van der Waals surface area contributed by atoms with Crippen molar-refractivity contribution in [1.29, 1.82) is 0 Å². The zero-order chi connectivity index (χ0) is 13.2. The van der Waals surface area contributed by atoms with Crippen molar-refractivity contribution < 1.29 is 9.84 Å². The minimum Gasteiger partial charge on any atom is -0.387 e. The molecule has 2 aromatic heterocycles. The van der Waals surface area contributed by atoms with E-state index in [1.165, 1.54) is 0 Å². The number of aliphatic hydroxyl groups excluding tert-OH is 1. The molecule has 2 aromatic rings. The molecule has 6 heteroatoms. The second-order valence-electron chi connectivity index (χ2n) is 4.79. The van der Waals surface area contributed by atoms with Crippen LogP contribution in [0.4, 0.5) is 0 Å². The van der Waals surface area contributed by atoms with Crippen LogP contribution in [0.3, 0.4) is 0 Å². The molecule has 0 spiro atoms. The van der Waals surface area contributed by atoms with Gasteiger partial charge in [0.25, 0.3) is 0 Å². The van der Waals surface area contributed by atoms with Gasteiger partial charge < -0.3 is 9.84 Å². The largest absolute Gasteiger partial charge is 0.387 e. The fraction of sp³-hybridized carbons (Fsp3) is 0.538. The first-order valence-electron chi connectivity index (χ1n) is 6.49. The lowest BCUT2D eigenvalue weighted by Gasteiger charge is -2.03. The third kappa shape index (κ3) is 2.86. The number of rotatable bonds is 4. The minimum atomic E-state index is -0.529. The van der Waals surface area contributed by atoms with Crippen molar-refractivity contribution in [3.63, 3.8) is 0 Å². The van der Waals surface area contributed by atoms with Crippen LogP contribution >= 0.6 is 11.3 Å². The molecule has 19 heavy (non-hydrogen) atoms. The maximum Gasteiger partial charge on any atom is 0.122 e. The number of thiazole rings is 1. The van der Waals surface area contributed by atoms with Crippen LogP contribution in [0.15, 0.2) is 17.6 Å². The molecular formula is C13H17N3O2S. The van der Waals surface area contributed by atoms with Gasteiger partial charge in [0.05, 0.1) is 24.0 Å². The molecule has 0 amide bonds. The van der Waals surface area contributed by atoms with Crippen LogP contribution in [0.5, 0.6) is 0 Å². The molecule has 102 valence electrons. The normalized spacial score (nSPS) is 20.8. The average molecular weight is 279 g/mol. The van der Waals surface area contributed by atoms with Crippen molar-refractivity contribution in [2.75, 3.05) is 6.61 Å². The Bertz CT molecular complexity index is 544. The van der Waals surface area contributed by atoms with Gasteiger partial charge in [-0.1, -0.05) is 0 Å². The first-order chi connectivity index (χ1) is 9.22. The fourth-order valence-corrected chi connectivity index (χ4v) is 3.06. The molecule has 1 fully saturated rings. The van der Waals surface area contributed by atoms with Gasteiger partial charge in [-0.15, -0.1) is 11.3 Å². The molecule has 0 aliphatic carbocycles. The van der Waals surface area contributed by atoms with Gasteiger partial charge in [0.2, 0.25) is 0 Å². The van der Waals surface area contributed by atoms with Crippen LogP contribution in [0.25, 0.3) is 0 Å². The first-order valence-corrected chi connectivity index (χ1v) is 7.37. The van der Waals surface area contributed by atoms with E-state index in [0.29, 0.717) is 12.2 Å². The van der Waals surface area contributed by atoms with Crippen LogP contribution in [0.2, 0.25) is 0 Å². The summed E-state index contributed by atoms with van der Waals surface area (Å²) in [4.78, 5) is 4.61. The van der Waals surface area contributed by atoms with Gasteiger partial charge >= 0.3 is 0 Å². The summed E-state index contributed by atoms with van der Waals surface area (Å²) in [5.41, 5.74) is 1.69. The predicted octanol–water partition coefficient (Wildman–Crippen LogP) is 2.29. The quantitative estimate of drug-likeness (QED) is 0.933. The Balaban J connectivity index is 1.68. The Labute approximate surface area is 115 Å². The third-order valence-corrected chi connectivity index (χ3v) is 4.17. The number of hydrogen-bond acceptors (Lipinski definition) is 5. The van der Waals surface area contributed by atoms with Crippen molar-refractivity contribution in [3.8, 4) is 0 Å². The van der Waals surface area contributed by atoms with Crippen molar-refractivity contribution >= 4 is 11.3 Å². The fourth-order valence-electron chi connectivity index (χ4n) is 2.17. The highest BCUT2D eigenvalue weighted by Crippen LogP contribution is 2.30. The predicted molar refractivity (Wildman–Crippen MR) is 72.0 cm³/mol. The molecule has 1 aliphatic rings. The minimum absolute atomic E-state index is 0.185. The summed E-state index contributed by atoms with van der Waals surface area (Å²) in [7, 11) is 0. The Kier molecular flexibility index (Phi) is 3.63. The van der Waals surface area contributed by atoms with E-state index in [1.807, 2.05) is 12.3 Å². The molecule has 1 aliphatic heterocycles. The lowest BCUT2D eigenvalue weighted by atomic mass is 10.2. The van der Waals surface area contributed by atoms with Gasteiger partial charge in [-0.05, 0) is 25.8 Å². The zero-order valence-electron chi connectivity index (χ0n) is 10.8. The summed E-state index contributed by atoms with van der Waals surface area (Å²) in [6, 6.07) is 1.83. The second-order valence-corrected chi connectivity index (χ2v) is 5.68. The Morgan fingerprint density at radius 3 is 3.21 bits per heavy atom. The molecule has 0 saturated carbocycles. The summed E-state index contributed by atoms with van der Waals surface area (Å²) in [5, 5.41) is 16.9. The van der Waals surface area contributed by atoms with Crippen LogP contribution in [0.1, 0.15) is 48.4 Å². The Hall–Kier alpha value is -1.24. The van der Waals surface area contributed by atoms with Crippen LogP contribution < -0.4 is 0 Å². The molecule has 3 rings (SSSR count). The Morgan fingerprint density at radius 2 is 2.53 bits per heavy atom.